The number of allylic oxidation sites excluding steroid dienone is 10. The van der Waals surface area contributed by atoms with Gasteiger partial charge in [0, 0.05) is 13.0 Å². The van der Waals surface area contributed by atoms with Crippen LogP contribution in [-0.2, 0) is 27.9 Å². The molecule has 0 aromatic carbocycles. The fraction of sp³-hybridized carbons (Fsp3) is 0.750. The van der Waals surface area contributed by atoms with Crippen LogP contribution in [0.5, 0.6) is 0 Å². The minimum Gasteiger partial charge on any atom is -0.457 e. The summed E-state index contributed by atoms with van der Waals surface area (Å²) in [5, 5.41) is 18.3. The molecule has 3 N–H and O–H groups in total. The maximum atomic E-state index is 12.6. The number of aliphatic hydroxyl groups excluding tert-OH is 2. The van der Waals surface area contributed by atoms with E-state index < -0.39 is 39.2 Å². The SMILES string of the molecule is CC/C=C\C/C=C\C/C=C\C/C=C\C/C=C\CCCCCCOCC(COP(=O)(O)OCC(O)CO)OC(=O)CCCCCCCCCCCCCCC. The minimum atomic E-state index is -4.52. The highest BCUT2D eigenvalue weighted by Gasteiger charge is 2.26. The molecule has 0 aromatic heterocycles. The predicted molar refractivity (Wildman–Crippen MR) is 223 cm³/mol. The van der Waals surface area contributed by atoms with Gasteiger partial charge in [0.1, 0.15) is 12.2 Å². The highest BCUT2D eigenvalue weighted by atomic mass is 31.2. The lowest BCUT2D eigenvalue weighted by Crippen LogP contribution is -2.29. The van der Waals surface area contributed by atoms with Crippen molar-refractivity contribution in [1.82, 2.24) is 0 Å². The van der Waals surface area contributed by atoms with Gasteiger partial charge in [0.15, 0.2) is 0 Å². The van der Waals surface area contributed by atoms with Gasteiger partial charge >= 0.3 is 13.8 Å². The van der Waals surface area contributed by atoms with E-state index in [1.807, 2.05) is 0 Å². The van der Waals surface area contributed by atoms with Crippen molar-refractivity contribution >= 4 is 13.8 Å². The second-order valence-corrected chi connectivity index (χ2v) is 15.4. The molecule has 3 unspecified atom stereocenters. The first-order valence-electron chi connectivity index (χ1n) is 21.3. The topological polar surface area (TPSA) is 132 Å². The molecular weight excluding hydrogens is 703 g/mol. The molecule has 0 fully saturated rings. The van der Waals surface area contributed by atoms with Crippen LogP contribution >= 0.6 is 7.82 Å². The van der Waals surface area contributed by atoms with E-state index in [9.17, 15) is 19.4 Å². The molecule has 3 atom stereocenters. The number of aliphatic hydroxyl groups is 2. The number of ether oxygens (including phenoxy) is 2. The Morgan fingerprint density at radius 1 is 0.593 bits per heavy atom. The lowest BCUT2D eigenvalue weighted by atomic mass is 10.0. The predicted octanol–water partition coefficient (Wildman–Crippen LogP) is 11.6. The summed E-state index contributed by atoms with van der Waals surface area (Å²) >= 11 is 0. The maximum absolute atomic E-state index is 12.6. The Kier molecular flexibility index (Phi) is 39.4. The average molecular weight is 783 g/mol. The van der Waals surface area contributed by atoms with Crippen molar-refractivity contribution in [2.24, 2.45) is 0 Å². The van der Waals surface area contributed by atoms with Crippen molar-refractivity contribution in [2.45, 2.75) is 180 Å². The smallest absolute Gasteiger partial charge is 0.457 e. The second-order valence-electron chi connectivity index (χ2n) is 14.0. The van der Waals surface area contributed by atoms with Crippen molar-refractivity contribution in [3.8, 4) is 0 Å². The van der Waals surface area contributed by atoms with Crippen molar-refractivity contribution in [2.75, 3.05) is 33.0 Å². The fourth-order valence-corrected chi connectivity index (χ4v) is 6.29. The highest BCUT2D eigenvalue weighted by Crippen LogP contribution is 2.43. The normalized spacial score (nSPS) is 14.7. The van der Waals surface area contributed by atoms with Gasteiger partial charge in [0.05, 0.1) is 26.4 Å². The van der Waals surface area contributed by atoms with E-state index in [4.69, 9.17) is 23.6 Å². The van der Waals surface area contributed by atoms with Gasteiger partial charge < -0.3 is 24.6 Å². The van der Waals surface area contributed by atoms with E-state index in [1.165, 1.54) is 64.2 Å². The number of hydrogen-bond acceptors (Lipinski definition) is 8. The molecule has 0 saturated heterocycles. The quantitative estimate of drug-likeness (QED) is 0.0240. The summed E-state index contributed by atoms with van der Waals surface area (Å²) in [6.07, 6.45) is 46.0. The zero-order chi connectivity index (χ0) is 39.6. The number of esters is 1. The summed E-state index contributed by atoms with van der Waals surface area (Å²) in [6, 6.07) is 0. The Hall–Kier alpha value is -1.84. The summed E-state index contributed by atoms with van der Waals surface area (Å²) in [7, 11) is -4.52. The number of carbonyl (C=O) groups is 1. The van der Waals surface area contributed by atoms with E-state index in [1.54, 1.807) is 0 Å². The summed E-state index contributed by atoms with van der Waals surface area (Å²) in [6.45, 7) is 3.33. The molecule has 54 heavy (non-hydrogen) atoms. The van der Waals surface area contributed by atoms with E-state index in [-0.39, 0.29) is 19.6 Å². The summed E-state index contributed by atoms with van der Waals surface area (Å²) < 4.78 is 33.3. The molecular formula is C44H79O9P. The van der Waals surface area contributed by atoms with Crippen molar-refractivity contribution in [1.29, 1.82) is 0 Å². The largest absolute Gasteiger partial charge is 0.472 e. The van der Waals surface area contributed by atoms with Crippen LogP contribution in [0, 0.1) is 0 Å². The number of phosphoric acid groups is 1. The first kappa shape index (κ1) is 52.2. The van der Waals surface area contributed by atoms with Crippen LogP contribution in [0.25, 0.3) is 0 Å². The number of rotatable bonds is 40. The molecule has 0 aliphatic rings. The second kappa shape index (κ2) is 40.8. The molecule has 0 saturated carbocycles. The standard InChI is InChI=1S/C44H79O9P/c1-3-5-7-9-11-13-15-17-18-19-20-21-22-23-25-27-29-31-33-35-37-50-40-43(41-52-54(48,49)51-39-42(46)38-45)53-44(47)36-34-32-30-28-26-24-16-14-12-10-8-6-4-2/h5,7,11,13,17-18,20-21,23,25,42-43,45-46H,3-4,6,8-10,12,14-16,19,22,24,26-41H2,1-2H3,(H,48,49)/b7-5-,13-11-,18-17-,21-20-,25-23-. The molecule has 0 aromatic rings. The third-order valence-corrected chi connectivity index (χ3v) is 9.67. The van der Waals surface area contributed by atoms with Gasteiger partial charge in [0.25, 0.3) is 0 Å². The molecule has 0 aliphatic heterocycles. The molecule has 314 valence electrons. The maximum Gasteiger partial charge on any atom is 0.472 e. The van der Waals surface area contributed by atoms with Gasteiger partial charge in [-0.05, 0) is 57.8 Å². The molecule has 9 nitrogen and oxygen atoms in total. The summed E-state index contributed by atoms with van der Waals surface area (Å²) in [5.74, 6) is -0.394. The van der Waals surface area contributed by atoms with Gasteiger partial charge in [-0.2, -0.15) is 0 Å². The van der Waals surface area contributed by atoms with Crippen LogP contribution < -0.4 is 0 Å². The van der Waals surface area contributed by atoms with Gasteiger partial charge in [-0.25, -0.2) is 4.57 Å². The molecule has 0 rings (SSSR count). The summed E-state index contributed by atoms with van der Waals surface area (Å²) in [5.41, 5.74) is 0. The fourth-order valence-electron chi connectivity index (χ4n) is 5.50. The first-order chi connectivity index (χ1) is 26.3. The van der Waals surface area contributed by atoms with E-state index >= 15 is 0 Å². The Morgan fingerprint density at radius 3 is 1.59 bits per heavy atom. The molecule has 0 bridgehead atoms. The Morgan fingerprint density at radius 2 is 1.06 bits per heavy atom. The third kappa shape index (κ3) is 39.8. The van der Waals surface area contributed by atoms with Crippen LogP contribution in [0.2, 0.25) is 0 Å². The Bertz CT molecular complexity index is 1020. The third-order valence-electron chi connectivity index (χ3n) is 8.72. The number of phosphoric ester groups is 1. The molecule has 0 radical (unpaired) electrons. The van der Waals surface area contributed by atoms with E-state index in [0.717, 1.165) is 83.5 Å². The van der Waals surface area contributed by atoms with Crippen molar-refractivity contribution in [3.05, 3.63) is 60.8 Å². The zero-order valence-electron chi connectivity index (χ0n) is 34.2. The van der Waals surface area contributed by atoms with Crippen molar-refractivity contribution in [3.63, 3.8) is 0 Å². The molecule has 10 heteroatoms. The Balaban J connectivity index is 4.23. The zero-order valence-corrected chi connectivity index (χ0v) is 35.1. The molecule has 0 aliphatic carbocycles. The van der Waals surface area contributed by atoms with Gasteiger partial charge in [-0.15, -0.1) is 0 Å². The minimum absolute atomic E-state index is 0.0314. The number of carbonyl (C=O) groups excluding carboxylic acids is 1. The van der Waals surface area contributed by atoms with Crippen LogP contribution in [0.15, 0.2) is 60.8 Å². The van der Waals surface area contributed by atoms with Gasteiger partial charge in [-0.3, -0.25) is 13.8 Å². The van der Waals surface area contributed by atoms with E-state index in [0.29, 0.717) is 6.61 Å². The lowest BCUT2D eigenvalue weighted by molar-refractivity contribution is -0.154. The van der Waals surface area contributed by atoms with Gasteiger partial charge in [-0.1, -0.05) is 164 Å². The number of unbranched alkanes of at least 4 members (excludes halogenated alkanes) is 16. The molecule has 0 amide bonds. The van der Waals surface area contributed by atoms with Crippen molar-refractivity contribution < 1.29 is 43.0 Å². The molecule has 0 spiro atoms. The van der Waals surface area contributed by atoms with Crippen LogP contribution in [0.1, 0.15) is 168 Å². The lowest BCUT2D eigenvalue weighted by Gasteiger charge is -2.20. The Labute approximate surface area is 330 Å². The van der Waals surface area contributed by atoms with Crippen LogP contribution in [-0.4, -0.2) is 66.3 Å². The molecule has 0 heterocycles. The average Bonchev–Trinajstić information content (AvgIpc) is 3.16. The first-order valence-corrected chi connectivity index (χ1v) is 22.8. The number of hydrogen-bond donors (Lipinski definition) is 3. The van der Waals surface area contributed by atoms with Gasteiger partial charge in [0.2, 0.25) is 0 Å². The monoisotopic (exact) mass is 783 g/mol. The van der Waals surface area contributed by atoms with E-state index in [2.05, 4.69) is 74.6 Å². The highest BCUT2D eigenvalue weighted by molar-refractivity contribution is 7.47. The van der Waals surface area contributed by atoms with Crippen LogP contribution in [0.3, 0.4) is 0 Å². The summed E-state index contributed by atoms with van der Waals surface area (Å²) in [4.78, 5) is 22.5. The van der Waals surface area contributed by atoms with Crippen LogP contribution in [0.4, 0.5) is 0 Å².